The quantitative estimate of drug-likeness (QED) is 0.737. The second-order valence-electron chi connectivity index (χ2n) is 3.41. The fraction of sp³-hybridized carbons (Fsp3) is 0.0769. The minimum atomic E-state index is -0.371. The highest BCUT2D eigenvalue weighted by Gasteiger charge is 2.06. The number of aromatic nitrogens is 1. The largest absolute Gasteiger partial charge is 0.465 e. The fourth-order valence-electron chi connectivity index (χ4n) is 1.57. The molecule has 17 heavy (non-hydrogen) atoms. The van der Waals surface area contributed by atoms with Crippen molar-refractivity contribution in [2.24, 2.45) is 0 Å². The smallest absolute Gasteiger partial charge is 0.337 e. The number of hydrogen-bond donors (Lipinski definition) is 0. The average Bonchev–Trinajstić information content (AvgIpc) is 2.86. The first kappa shape index (κ1) is 11.0. The number of methoxy groups -OCH3 is 1. The Morgan fingerprint density at radius 1 is 1.29 bits per heavy atom. The summed E-state index contributed by atoms with van der Waals surface area (Å²) in [6.45, 7) is 0. The third-order valence-electron chi connectivity index (χ3n) is 2.43. The van der Waals surface area contributed by atoms with Gasteiger partial charge in [0.05, 0.1) is 12.7 Å². The SMILES string of the molecule is COC(=O)c1ccc(-n2cccc2C#N)cc1. The van der Waals surface area contributed by atoms with Crippen LogP contribution in [0.4, 0.5) is 0 Å². The molecule has 0 saturated carbocycles. The highest BCUT2D eigenvalue weighted by Crippen LogP contribution is 2.13. The highest BCUT2D eigenvalue weighted by atomic mass is 16.5. The Bertz CT molecular complexity index is 576. The van der Waals surface area contributed by atoms with E-state index < -0.39 is 0 Å². The molecule has 0 fully saturated rings. The van der Waals surface area contributed by atoms with E-state index in [1.807, 2.05) is 0 Å². The van der Waals surface area contributed by atoms with Crippen LogP contribution in [0.15, 0.2) is 42.6 Å². The van der Waals surface area contributed by atoms with Gasteiger partial charge in [-0.1, -0.05) is 0 Å². The molecule has 2 rings (SSSR count). The monoisotopic (exact) mass is 226 g/mol. The minimum absolute atomic E-state index is 0.371. The van der Waals surface area contributed by atoms with Crippen molar-refractivity contribution in [1.82, 2.24) is 4.57 Å². The van der Waals surface area contributed by atoms with E-state index in [2.05, 4.69) is 10.8 Å². The van der Waals surface area contributed by atoms with Crippen LogP contribution in [0.2, 0.25) is 0 Å². The lowest BCUT2D eigenvalue weighted by molar-refractivity contribution is 0.0601. The van der Waals surface area contributed by atoms with Crippen LogP contribution < -0.4 is 0 Å². The Hall–Kier alpha value is -2.54. The summed E-state index contributed by atoms with van der Waals surface area (Å²) in [6, 6.07) is 12.5. The van der Waals surface area contributed by atoms with E-state index in [4.69, 9.17) is 5.26 Å². The Balaban J connectivity index is 2.37. The zero-order chi connectivity index (χ0) is 12.3. The van der Waals surface area contributed by atoms with Crippen molar-refractivity contribution in [1.29, 1.82) is 5.26 Å². The predicted octanol–water partition coefficient (Wildman–Crippen LogP) is 2.14. The maximum Gasteiger partial charge on any atom is 0.337 e. The second-order valence-corrected chi connectivity index (χ2v) is 3.41. The molecule has 0 unspecified atom stereocenters. The normalized spacial score (nSPS) is 9.65. The molecule has 0 spiro atoms. The number of ether oxygens (including phenoxy) is 1. The van der Waals surface area contributed by atoms with Crippen molar-refractivity contribution in [3.05, 3.63) is 53.9 Å². The molecule has 0 aliphatic rings. The highest BCUT2D eigenvalue weighted by molar-refractivity contribution is 5.89. The Morgan fingerprint density at radius 3 is 2.59 bits per heavy atom. The maximum absolute atomic E-state index is 11.3. The summed E-state index contributed by atoms with van der Waals surface area (Å²) in [6.07, 6.45) is 1.80. The summed E-state index contributed by atoms with van der Waals surface area (Å²) in [5.41, 5.74) is 1.87. The van der Waals surface area contributed by atoms with Gasteiger partial charge in [-0.25, -0.2) is 4.79 Å². The maximum atomic E-state index is 11.3. The van der Waals surface area contributed by atoms with Crippen LogP contribution in [0, 0.1) is 11.3 Å². The van der Waals surface area contributed by atoms with Crippen LogP contribution >= 0.6 is 0 Å². The second kappa shape index (κ2) is 4.54. The van der Waals surface area contributed by atoms with Gasteiger partial charge in [0.2, 0.25) is 0 Å². The van der Waals surface area contributed by atoms with E-state index >= 15 is 0 Å². The standard InChI is InChI=1S/C13H10N2O2/c1-17-13(16)10-4-6-11(7-5-10)15-8-2-3-12(15)9-14/h2-8H,1H3. The molecule has 0 saturated heterocycles. The molecule has 0 radical (unpaired) electrons. The molecule has 0 amide bonds. The summed E-state index contributed by atoms with van der Waals surface area (Å²) in [5.74, 6) is -0.371. The number of carbonyl (C=O) groups is 1. The molecule has 1 aromatic heterocycles. The molecule has 4 heteroatoms. The van der Waals surface area contributed by atoms with E-state index in [0.29, 0.717) is 11.3 Å². The molecule has 0 atom stereocenters. The van der Waals surface area contributed by atoms with E-state index in [9.17, 15) is 4.79 Å². The van der Waals surface area contributed by atoms with Gasteiger partial charge in [-0.2, -0.15) is 5.26 Å². The number of esters is 1. The number of rotatable bonds is 2. The van der Waals surface area contributed by atoms with Gasteiger partial charge in [-0.3, -0.25) is 0 Å². The van der Waals surface area contributed by atoms with Gasteiger partial charge in [0.15, 0.2) is 0 Å². The van der Waals surface area contributed by atoms with Crippen LogP contribution in [0.5, 0.6) is 0 Å². The summed E-state index contributed by atoms with van der Waals surface area (Å²) in [7, 11) is 1.34. The summed E-state index contributed by atoms with van der Waals surface area (Å²) in [5, 5.41) is 8.90. The molecule has 0 aliphatic heterocycles. The van der Waals surface area contributed by atoms with Gasteiger partial charge in [-0.15, -0.1) is 0 Å². The number of carbonyl (C=O) groups excluding carboxylic acids is 1. The molecule has 4 nitrogen and oxygen atoms in total. The molecule has 0 N–H and O–H groups in total. The molecule has 0 aliphatic carbocycles. The number of nitrogens with zero attached hydrogens (tertiary/aromatic N) is 2. The van der Waals surface area contributed by atoms with E-state index in [0.717, 1.165) is 5.69 Å². The number of hydrogen-bond acceptors (Lipinski definition) is 3. The molecule has 84 valence electrons. The van der Waals surface area contributed by atoms with Crippen molar-refractivity contribution in [2.75, 3.05) is 7.11 Å². The summed E-state index contributed by atoms with van der Waals surface area (Å²) >= 11 is 0. The summed E-state index contributed by atoms with van der Waals surface area (Å²) < 4.78 is 6.36. The Labute approximate surface area is 98.7 Å². The predicted molar refractivity (Wildman–Crippen MR) is 61.8 cm³/mol. The third-order valence-corrected chi connectivity index (χ3v) is 2.43. The van der Waals surface area contributed by atoms with Gasteiger partial charge < -0.3 is 9.30 Å². The van der Waals surface area contributed by atoms with E-state index in [-0.39, 0.29) is 5.97 Å². The van der Waals surface area contributed by atoms with Crippen molar-refractivity contribution in [3.63, 3.8) is 0 Å². The number of nitriles is 1. The molecular formula is C13H10N2O2. The van der Waals surface area contributed by atoms with Gasteiger partial charge >= 0.3 is 5.97 Å². The summed E-state index contributed by atoms with van der Waals surface area (Å²) in [4.78, 5) is 11.3. The molecule has 2 aromatic rings. The zero-order valence-corrected chi connectivity index (χ0v) is 9.25. The topological polar surface area (TPSA) is 55.0 Å². The lowest BCUT2D eigenvalue weighted by Crippen LogP contribution is -2.02. The molecular weight excluding hydrogens is 216 g/mol. The zero-order valence-electron chi connectivity index (χ0n) is 9.25. The van der Waals surface area contributed by atoms with Crippen LogP contribution in [0.1, 0.15) is 16.1 Å². The van der Waals surface area contributed by atoms with Crippen LogP contribution in [-0.2, 0) is 4.74 Å². The van der Waals surface area contributed by atoms with Gasteiger partial charge in [0.25, 0.3) is 0 Å². The average molecular weight is 226 g/mol. The fourth-order valence-corrected chi connectivity index (χ4v) is 1.57. The van der Waals surface area contributed by atoms with Crippen molar-refractivity contribution in [2.45, 2.75) is 0 Å². The van der Waals surface area contributed by atoms with Crippen molar-refractivity contribution >= 4 is 5.97 Å². The Kier molecular flexibility index (Phi) is 2.93. The Morgan fingerprint density at radius 2 is 2.00 bits per heavy atom. The van der Waals surface area contributed by atoms with Crippen LogP contribution in [0.3, 0.4) is 0 Å². The first-order valence-electron chi connectivity index (χ1n) is 5.02. The van der Waals surface area contributed by atoms with Gasteiger partial charge in [-0.05, 0) is 36.4 Å². The van der Waals surface area contributed by atoms with Crippen LogP contribution in [-0.4, -0.2) is 17.6 Å². The molecule has 0 bridgehead atoms. The minimum Gasteiger partial charge on any atom is -0.465 e. The van der Waals surface area contributed by atoms with Gasteiger partial charge in [0.1, 0.15) is 11.8 Å². The lowest BCUT2D eigenvalue weighted by atomic mass is 10.2. The molecule has 1 aromatic carbocycles. The lowest BCUT2D eigenvalue weighted by Gasteiger charge is -2.05. The third kappa shape index (κ3) is 2.04. The number of benzene rings is 1. The van der Waals surface area contributed by atoms with Crippen molar-refractivity contribution < 1.29 is 9.53 Å². The van der Waals surface area contributed by atoms with E-state index in [1.54, 1.807) is 47.2 Å². The van der Waals surface area contributed by atoms with Gasteiger partial charge in [0, 0.05) is 11.9 Å². The first-order chi connectivity index (χ1) is 8.26. The van der Waals surface area contributed by atoms with Crippen molar-refractivity contribution in [3.8, 4) is 11.8 Å². The molecule has 1 heterocycles. The van der Waals surface area contributed by atoms with Crippen LogP contribution in [0.25, 0.3) is 5.69 Å². The first-order valence-corrected chi connectivity index (χ1v) is 5.02. The van der Waals surface area contributed by atoms with E-state index in [1.165, 1.54) is 7.11 Å².